The highest BCUT2D eigenvalue weighted by atomic mass is 16.7. The normalized spacial score (nSPS) is 40.8. The maximum atomic E-state index is 13.1. The number of ketones is 1. The number of ether oxygens (including phenoxy) is 7. The molecule has 0 unspecified atom stereocenters. The molecular formula is C33H42O19. The van der Waals surface area contributed by atoms with Gasteiger partial charge < -0.3 is 89.3 Å². The zero-order chi connectivity index (χ0) is 37.6. The van der Waals surface area contributed by atoms with Gasteiger partial charge in [-0.1, -0.05) is 12.1 Å². The van der Waals surface area contributed by atoms with Gasteiger partial charge in [-0.2, -0.15) is 0 Å². The standard InChI is InChI=1S/C33H42O19/c1-11-22(37)25(40)28(43)31(47-11)46-10-20-24(39)27(42)30(45)33(52-20)49-14-6-15(35)21-16(36)8-17(50-18(21)7-14)12-2-4-13(5-3-12)48-32-29(44)26(41)23(38)19(9-34)51-32/h2-7,11,17,19-20,22-35,37-45H,8-10H2,1H3/t11-,17-,19-,20+,22+,23-,24-,25-,26+,27+,28-,29-,30-,31-,32+,33-/m1/s1. The van der Waals surface area contributed by atoms with E-state index in [1.165, 1.54) is 25.1 Å². The lowest BCUT2D eigenvalue weighted by atomic mass is 9.95. The predicted octanol–water partition coefficient (Wildman–Crippen LogP) is -3.69. The number of Topliss-reactive ketones (excluding diaryl/α,β-unsaturated/α-hetero) is 1. The second-order valence-corrected chi connectivity index (χ2v) is 13.1. The molecule has 11 N–H and O–H groups in total. The molecule has 2 aromatic rings. The van der Waals surface area contributed by atoms with Gasteiger partial charge in [0, 0.05) is 12.1 Å². The largest absolute Gasteiger partial charge is 0.507 e. The van der Waals surface area contributed by atoms with Crippen LogP contribution in [0.25, 0.3) is 0 Å². The van der Waals surface area contributed by atoms with Crippen molar-refractivity contribution >= 4 is 5.78 Å². The molecule has 19 heteroatoms. The number of aromatic hydroxyl groups is 1. The summed E-state index contributed by atoms with van der Waals surface area (Å²) in [6.07, 6.45) is -23.7. The Morgan fingerprint density at radius 2 is 1.23 bits per heavy atom. The Labute approximate surface area is 295 Å². The van der Waals surface area contributed by atoms with Crippen molar-refractivity contribution in [3.8, 4) is 23.0 Å². The molecule has 0 spiro atoms. The number of phenolic OH excluding ortho intramolecular Hbond substituents is 1. The molecule has 0 amide bonds. The molecule has 288 valence electrons. The third kappa shape index (κ3) is 7.56. The molecule has 19 nitrogen and oxygen atoms in total. The van der Waals surface area contributed by atoms with E-state index < -0.39 is 123 Å². The molecule has 0 bridgehead atoms. The van der Waals surface area contributed by atoms with E-state index in [1.54, 1.807) is 12.1 Å². The van der Waals surface area contributed by atoms with Gasteiger partial charge >= 0.3 is 0 Å². The molecule has 0 aliphatic carbocycles. The van der Waals surface area contributed by atoms with Gasteiger partial charge in [0.1, 0.15) is 102 Å². The molecule has 4 aliphatic heterocycles. The Balaban J connectivity index is 1.12. The van der Waals surface area contributed by atoms with Gasteiger partial charge in [0.05, 0.1) is 25.7 Å². The number of aliphatic hydroxyl groups is 10. The fourth-order valence-electron chi connectivity index (χ4n) is 6.36. The number of rotatable bonds is 9. The number of carbonyl (C=O) groups excluding carboxylic acids is 1. The van der Waals surface area contributed by atoms with E-state index in [-0.39, 0.29) is 29.2 Å². The average Bonchev–Trinajstić information content (AvgIpc) is 3.12. The van der Waals surface area contributed by atoms with Crippen LogP contribution in [0.5, 0.6) is 23.0 Å². The topological polar surface area (TPSA) is 304 Å². The first-order valence-electron chi connectivity index (χ1n) is 16.5. The van der Waals surface area contributed by atoms with Gasteiger partial charge in [0.25, 0.3) is 0 Å². The fourth-order valence-corrected chi connectivity index (χ4v) is 6.36. The lowest BCUT2D eigenvalue weighted by Gasteiger charge is -2.42. The van der Waals surface area contributed by atoms with Crippen molar-refractivity contribution in [3.05, 3.63) is 47.5 Å². The van der Waals surface area contributed by atoms with Crippen LogP contribution in [0.4, 0.5) is 0 Å². The van der Waals surface area contributed by atoms with Crippen LogP contribution in [0.2, 0.25) is 0 Å². The highest BCUT2D eigenvalue weighted by Crippen LogP contribution is 2.43. The van der Waals surface area contributed by atoms with E-state index in [1.807, 2.05) is 0 Å². The van der Waals surface area contributed by atoms with E-state index >= 15 is 0 Å². The maximum absolute atomic E-state index is 13.1. The number of fused-ring (bicyclic) bond motifs is 1. The van der Waals surface area contributed by atoms with E-state index in [0.29, 0.717) is 5.56 Å². The molecule has 0 radical (unpaired) electrons. The van der Waals surface area contributed by atoms with Crippen molar-refractivity contribution in [1.29, 1.82) is 0 Å². The molecule has 6 rings (SSSR count). The minimum atomic E-state index is -1.81. The van der Waals surface area contributed by atoms with Crippen LogP contribution in [0.1, 0.15) is 35.4 Å². The number of carbonyl (C=O) groups is 1. The Kier molecular flexibility index (Phi) is 11.6. The first-order valence-corrected chi connectivity index (χ1v) is 16.5. The minimum Gasteiger partial charge on any atom is -0.507 e. The van der Waals surface area contributed by atoms with Crippen molar-refractivity contribution in [2.75, 3.05) is 13.2 Å². The van der Waals surface area contributed by atoms with Gasteiger partial charge in [-0.15, -0.1) is 0 Å². The van der Waals surface area contributed by atoms with Crippen molar-refractivity contribution in [3.63, 3.8) is 0 Å². The lowest BCUT2D eigenvalue weighted by Crippen LogP contribution is -2.61. The minimum absolute atomic E-state index is 0.0815. The summed E-state index contributed by atoms with van der Waals surface area (Å²) < 4.78 is 39.2. The summed E-state index contributed by atoms with van der Waals surface area (Å²) in [4.78, 5) is 13.1. The molecule has 4 aliphatic rings. The molecule has 0 saturated carbocycles. The zero-order valence-electron chi connectivity index (χ0n) is 27.5. The van der Waals surface area contributed by atoms with Crippen molar-refractivity contribution in [2.45, 2.75) is 112 Å². The fraction of sp³-hybridized carbons (Fsp3) is 0.606. The van der Waals surface area contributed by atoms with E-state index in [2.05, 4.69) is 0 Å². The Morgan fingerprint density at radius 1 is 0.673 bits per heavy atom. The van der Waals surface area contributed by atoms with Crippen LogP contribution < -0.4 is 14.2 Å². The van der Waals surface area contributed by atoms with Gasteiger partial charge in [-0.25, -0.2) is 0 Å². The van der Waals surface area contributed by atoms with E-state index in [0.717, 1.165) is 6.07 Å². The summed E-state index contributed by atoms with van der Waals surface area (Å²) in [5, 5.41) is 112. The molecule has 52 heavy (non-hydrogen) atoms. The lowest BCUT2D eigenvalue weighted by molar-refractivity contribution is -0.318. The summed E-state index contributed by atoms with van der Waals surface area (Å²) in [6, 6.07) is 8.41. The summed E-state index contributed by atoms with van der Waals surface area (Å²) in [7, 11) is 0. The van der Waals surface area contributed by atoms with Crippen LogP contribution in [-0.2, 0) is 18.9 Å². The second-order valence-electron chi connectivity index (χ2n) is 13.1. The number of hydrogen-bond acceptors (Lipinski definition) is 19. The number of aliphatic hydroxyl groups excluding tert-OH is 10. The quantitative estimate of drug-likeness (QED) is 0.118. The highest BCUT2D eigenvalue weighted by molar-refractivity contribution is 6.02. The van der Waals surface area contributed by atoms with Gasteiger partial charge in [-0.05, 0) is 24.6 Å². The van der Waals surface area contributed by atoms with Crippen molar-refractivity contribution in [1.82, 2.24) is 0 Å². The van der Waals surface area contributed by atoms with Crippen molar-refractivity contribution < 1.29 is 94.1 Å². The second kappa shape index (κ2) is 15.6. The first-order chi connectivity index (χ1) is 24.7. The smallest absolute Gasteiger partial charge is 0.229 e. The molecule has 0 aromatic heterocycles. The van der Waals surface area contributed by atoms with Crippen LogP contribution in [-0.4, -0.2) is 167 Å². The summed E-state index contributed by atoms with van der Waals surface area (Å²) in [6.45, 7) is 0.293. The third-order valence-electron chi connectivity index (χ3n) is 9.48. The zero-order valence-corrected chi connectivity index (χ0v) is 27.5. The van der Waals surface area contributed by atoms with E-state index in [9.17, 15) is 61.0 Å². The Bertz CT molecular complexity index is 1540. The van der Waals surface area contributed by atoms with Crippen LogP contribution in [0, 0.1) is 0 Å². The van der Waals surface area contributed by atoms with Crippen molar-refractivity contribution in [2.24, 2.45) is 0 Å². The number of phenols is 1. The van der Waals surface area contributed by atoms with Crippen LogP contribution in [0.15, 0.2) is 36.4 Å². The summed E-state index contributed by atoms with van der Waals surface area (Å²) >= 11 is 0. The molecule has 16 atom stereocenters. The average molecular weight is 743 g/mol. The molecular weight excluding hydrogens is 700 g/mol. The highest BCUT2D eigenvalue weighted by Gasteiger charge is 2.48. The SMILES string of the molecule is C[C@H]1O[C@@H](OC[C@@H]2O[C@@H](Oc3cc(O)c4c(c3)O[C@@H](c3ccc(O[C@H]5O[C@H](CO)[C@@H](O)[C@H](O)[C@H]5O)cc3)CC4=O)[C@H](O)[C@@H](O)[C@@H]2O)[C@H](O)[C@H](O)[C@H]1O. The Hall–Kier alpha value is -3.25. The monoisotopic (exact) mass is 742 g/mol. The predicted molar refractivity (Wildman–Crippen MR) is 167 cm³/mol. The summed E-state index contributed by atoms with van der Waals surface area (Å²) in [5.74, 6) is -1.04. The number of benzene rings is 2. The third-order valence-corrected chi connectivity index (χ3v) is 9.48. The number of hydrogen-bond donors (Lipinski definition) is 11. The molecule has 3 fully saturated rings. The van der Waals surface area contributed by atoms with E-state index in [4.69, 9.17) is 33.2 Å². The van der Waals surface area contributed by atoms with Gasteiger partial charge in [0.2, 0.25) is 12.6 Å². The van der Waals surface area contributed by atoms with Gasteiger partial charge in [0.15, 0.2) is 12.1 Å². The summed E-state index contributed by atoms with van der Waals surface area (Å²) in [5.41, 5.74) is 0.367. The maximum Gasteiger partial charge on any atom is 0.229 e. The molecule has 2 aromatic carbocycles. The first kappa shape index (κ1) is 38.5. The Morgan fingerprint density at radius 3 is 1.87 bits per heavy atom. The molecule has 4 heterocycles. The van der Waals surface area contributed by atoms with Crippen LogP contribution in [0.3, 0.4) is 0 Å². The molecule has 3 saturated heterocycles. The van der Waals surface area contributed by atoms with Gasteiger partial charge in [-0.3, -0.25) is 4.79 Å². The van der Waals surface area contributed by atoms with Crippen LogP contribution >= 0.6 is 0 Å².